The van der Waals surface area contributed by atoms with Gasteiger partial charge in [-0.15, -0.1) is 0 Å². The number of fused-ring (bicyclic) bond motifs is 1. The molecule has 1 atom stereocenters. The van der Waals surface area contributed by atoms with Crippen molar-refractivity contribution < 1.29 is 0 Å². The first-order valence-electron chi connectivity index (χ1n) is 5.99. The average Bonchev–Trinajstić information content (AvgIpc) is 2.76. The third-order valence-corrected chi connectivity index (χ3v) is 3.43. The van der Waals surface area contributed by atoms with E-state index in [2.05, 4.69) is 20.9 Å². The summed E-state index contributed by atoms with van der Waals surface area (Å²) in [5.41, 5.74) is 3.12. The summed E-state index contributed by atoms with van der Waals surface area (Å²) in [6.45, 7) is 9.11. The highest BCUT2D eigenvalue weighted by Crippen LogP contribution is 2.27. The number of pyridine rings is 2. The van der Waals surface area contributed by atoms with Crippen LogP contribution in [0, 0.1) is 13.8 Å². The van der Waals surface area contributed by atoms with Crippen LogP contribution in [0.1, 0.15) is 18.5 Å². The minimum Gasteiger partial charge on any atom is -0.367 e. The fourth-order valence-electron chi connectivity index (χ4n) is 2.45. The van der Waals surface area contributed by atoms with Crippen LogP contribution in [-0.4, -0.2) is 22.6 Å². The van der Waals surface area contributed by atoms with Crippen LogP contribution in [0.3, 0.4) is 0 Å². The number of anilines is 1. The standard InChI is InChI=1S/C14H15N3/c1-10-4-3-7-17(10)12-8-13-11(2)15-6-5-14(13)16-9-12/h1,5-6,8-10H,3-4,7H2,2H3. The molecule has 0 spiro atoms. The highest BCUT2D eigenvalue weighted by atomic mass is 15.2. The lowest BCUT2D eigenvalue weighted by atomic mass is 10.2. The van der Waals surface area contributed by atoms with Gasteiger partial charge in [-0.25, -0.2) is 0 Å². The molecule has 86 valence electrons. The van der Waals surface area contributed by atoms with E-state index in [0.29, 0.717) is 0 Å². The summed E-state index contributed by atoms with van der Waals surface area (Å²) < 4.78 is 0. The monoisotopic (exact) mass is 225 g/mol. The molecule has 3 heterocycles. The Morgan fingerprint density at radius 1 is 1.41 bits per heavy atom. The van der Waals surface area contributed by atoms with Crippen LogP contribution in [0.25, 0.3) is 10.9 Å². The van der Waals surface area contributed by atoms with Gasteiger partial charge in [-0.3, -0.25) is 9.97 Å². The molecule has 0 saturated carbocycles. The zero-order valence-corrected chi connectivity index (χ0v) is 9.93. The molecule has 2 radical (unpaired) electrons. The predicted molar refractivity (Wildman–Crippen MR) is 68.9 cm³/mol. The van der Waals surface area contributed by atoms with Crippen molar-refractivity contribution in [2.45, 2.75) is 25.8 Å². The Morgan fingerprint density at radius 2 is 2.29 bits per heavy atom. The van der Waals surface area contributed by atoms with Gasteiger partial charge in [0, 0.05) is 29.9 Å². The molecule has 3 rings (SSSR count). The first-order valence-corrected chi connectivity index (χ1v) is 5.99. The van der Waals surface area contributed by atoms with Gasteiger partial charge in [-0.05, 0) is 38.8 Å². The molecule has 3 nitrogen and oxygen atoms in total. The van der Waals surface area contributed by atoms with Crippen molar-refractivity contribution in [2.75, 3.05) is 11.4 Å². The van der Waals surface area contributed by atoms with E-state index in [-0.39, 0.29) is 6.04 Å². The Morgan fingerprint density at radius 3 is 3.06 bits per heavy atom. The highest BCUT2D eigenvalue weighted by molar-refractivity contribution is 5.83. The minimum atomic E-state index is 0.131. The smallest absolute Gasteiger partial charge is 0.0737 e. The van der Waals surface area contributed by atoms with Gasteiger partial charge in [0.15, 0.2) is 0 Å². The van der Waals surface area contributed by atoms with Crippen LogP contribution in [-0.2, 0) is 0 Å². The van der Waals surface area contributed by atoms with Crippen LogP contribution < -0.4 is 4.90 Å². The molecule has 2 aromatic heterocycles. The predicted octanol–water partition coefficient (Wildman–Crippen LogP) is 2.62. The number of hydrogen-bond acceptors (Lipinski definition) is 3. The Balaban J connectivity index is 2.09. The summed E-state index contributed by atoms with van der Waals surface area (Å²) in [7, 11) is 0. The van der Waals surface area contributed by atoms with Gasteiger partial charge < -0.3 is 4.90 Å². The van der Waals surface area contributed by atoms with Gasteiger partial charge in [0.1, 0.15) is 0 Å². The average molecular weight is 225 g/mol. The maximum Gasteiger partial charge on any atom is 0.0737 e. The van der Waals surface area contributed by atoms with Crippen LogP contribution in [0.4, 0.5) is 5.69 Å². The SMILES string of the molecule is [CH]C1CCCN1c1cnc2ccnc(C)c2c1. The van der Waals surface area contributed by atoms with Crippen molar-refractivity contribution in [3.63, 3.8) is 0 Å². The number of aromatic nitrogens is 2. The van der Waals surface area contributed by atoms with E-state index in [4.69, 9.17) is 6.92 Å². The lowest BCUT2D eigenvalue weighted by Gasteiger charge is -2.23. The normalized spacial score (nSPS) is 20.1. The molecule has 3 heteroatoms. The molecule has 0 N–H and O–H groups in total. The van der Waals surface area contributed by atoms with E-state index in [0.717, 1.165) is 41.7 Å². The van der Waals surface area contributed by atoms with Crippen molar-refractivity contribution >= 4 is 16.6 Å². The van der Waals surface area contributed by atoms with Crippen LogP contribution in [0.2, 0.25) is 0 Å². The molecule has 1 saturated heterocycles. The Hall–Kier alpha value is -1.64. The van der Waals surface area contributed by atoms with Crippen molar-refractivity contribution in [3.8, 4) is 0 Å². The molecule has 1 unspecified atom stereocenters. The van der Waals surface area contributed by atoms with Gasteiger partial charge in [-0.2, -0.15) is 0 Å². The Bertz CT molecular complexity index is 550. The zero-order valence-electron chi connectivity index (χ0n) is 9.93. The molecule has 0 aromatic carbocycles. The molecule has 0 aliphatic carbocycles. The zero-order chi connectivity index (χ0) is 11.8. The van der Waals surface area contributed by atoms with E-state index in [1.54, 1.807) is 6.20 Å². The Labute approximate surface area is 101 Å². The van der Waals surface area contributed by atoms with Gasteiger partial charge in [-0.1, -0.05) is 0 Å². The highest BCUT2D eigenvalue weighted by Gasteiger charge is 2.21. The third kappa shape index (κ3) is 1.75. The summed E-state index contributed by atoms with van der Waals surface area (Å²) in [6.07, 6.45) is 5.92. The Kier molecular flexibility index (Phi) is 2.46. The van der Waals surface area contributed by atoms with Gasteiger partial charge >= 0.3 is 0 Å². The summed E-state index contributed by atoms with van der Waals surface area (Å²) in [5, 5.41) is 1.11. The van der Waals surface area contributed by atoms with Gasteiger partial charge in [0.25, 0.3) is 0 Å². The second-order valence-corrected chi connectivity index (χ2v) is 4.56. The largest absolute Gasteiger partial charge is 0.367 e. The lowest BCUT2D eigenvalue weighted by Crippen LogP contribution is -2.26. The summed E-state index contributed by atoms with van der Waals surface area (Å²) in [4.78, 5) is 11.0. The number of nitrogens with zero attached hydrogens (tertiary/aromatic N) is 3. The molecular formula is C14H15N3. The first-order chi connectivity index (χ1) is 8.25. The topological polar surface area (TPSA) is 29.0 Å². The van der Waals surface area contributed by atoms with Crippen LogP contribution >= 0.6 is 0 Å². The van der Waals surface area contributed by atoms with Crippen molar-refractivity contribution in [1.82, 2.24) is 9.97 Å². The summed E-state index contributed by atoms with van der Waals surface area (Å²) in [5.74, 6) is 0. The molecule has 0 amide bonds. The van der Waals surface area contributed by atoms with Crippen LogP contribution in [0.15, 0.2) is 24.5 Å². The van der Waals surface area contributed by atoms with E-state index in [9.17, 15) is 0 Å². The van der Waals surface area contributed by atoms with E-state index in [1.807, 2.05) is 19.2 Å². The molecule has 0 bridgehead atoms. The summed E-state index contributed by atoms with van der Waals surface area (Å²) in [6, 6.07) is 4.22. The third-order valence-electron chi connectivity index (χ3n) is 3.43. The molecule has 1 aliphatic rings. The quantitative estimate of drug-likeness (QED) is 0.747. The molecule has 2 aromatic rings. The molecule has 1 fully saturated rings. The number of aryl methyl sites for hydroxylation is 1. The van der Waals surface area contributed by atoms with Gasteiger partial charge in [0.2, 0.25) is 0 Å². The van der Waals surface area contributed by atoms with Gasteiger partial charge in [0.05, 0.1) is 17.4 Å². The number of hydrogen-bond donors (Lipinski definition) is 0. The second kappa shape index (κ2) is 3.99. The molecule has 1 aliphatic heterocycles. The van der Waals surface area contributed by atoms with Crippen molar-refractivity contribution in [1.29, 1.82) is 0 Å². The van der Waals surface area contributed by atoms with E-state index < -0.39 is 0 Å². The van der Waals surface area contributed by atoms with Crippen molar-refractivity contribution in [2.24, 2.45) is 0 Å². The molecule has 17 heavy (non-hydrogen) atoms. The fraction of sp³-hybridized carbons (Fsp3) is 0.357. The fourth-order valence-corrected chi connectivity index (χ4v) is 2.45. The minimum absolute atomic E-state index is 0.131. The maximum atomic E-state index is 6.08. The first kappa shape index (κ1) is 10.5. The second-order valence-electron chi connectivity index (χ2n) is 4.56. The lowest BCUT2D eigenvalue weighted by molar-refractivity contribution is 0.801. The van der Waals surface area contributed by atoms with E-state index >= 15 is 0 Å². The summed E-state index contributed by atoms with van der Waals surface area (Å²) >= 11 is 0. The van der Waals surface area contributed by atoms with Crippen molar-refractivity contribution in [3.05, 3.63) is 37.1 Å². The van der Waals surface area contributed by atoms with E-state index in [1.165, 1.54) is 0 Å². The number of rotatable bonds is 1. The maximum absolute atomic E-state index is 6.08. The van der Waals surface area contributed by atoms with Crippen LogP contribution in [0.5, 0.6) is 0 Å². The molecular weight excluding hydrogens is 210 g/mol.